The van der Waals surface area contributed by atoms with Gasteiger partial charge in [0.05, 0.1) is 24.5 Å². The van der Waals surface area contributed by atoms with Gasteiger partial charge in [0.1, 0.15) is 0 Å². The van der Waals surface area contributed by atoms with Crippen molar-refractivity contribution in [1.82, 2.24) is 29.5 Å². The van der Waals surface area contributed by atoms with Gasteiger partial charge in [-0.15, -0.1) is 0 Å². The minimum Gasteiger partial charge on any atom is -0.381 e. The third-order valence-corrected chi connectivity index (χ3v) is 6.10. The van der Waals surface area contributed by atoms with Gasteiger partial charge in [-0.3, -0.25) is 9.36 Å². The van der Waals surface area contributed by atoms with Crippen LogP contribution in [-0.2, 0) is 11.8 Å². The number of hydrogen-bond acceptors (Lipinski definition) is 5. The summed E-state index contributed by atoms with van der Waals surface area (Å²) in [6.45, 7) is 0. The Kier molecular flexibility index (Phi) is 5.34. The Bertz CT molecular complexity index is 1150. The summed E-state index contributed by atoms with van der Waals surface area (Å²) in [6, 6.07) is 8.67. The second kappa shape index (κ2) is 8.43. The fraction of sp³-hybridized carbons (Fsp3) is 0.333. The van der Waals surface area contributed by atoms with Crippen molar-refractivity contribution in [3.05, 3.63) is 61.4 Å². The third-order valence-electron chi connectivity index (χ3n) is 6.10. The number of hydrogen-bond donors (Lipinski definition) is 0. The molecule has 1 saturated carbocycles. The van der Waals surface area contributed by atoms with Gasteiger partial charge < -0.3 is 4.74 Å². The van der Waals surface area contributed by atoms with E-state index < -0.39 is 0 Å². The van der Waals surface area contributed by atoms with Crippen LogP contribution in [0.2, 0.25) is 0 Å². The average molecular weight is 415 g/mol. The zero-order valence-corrected chi connectivity index (χ0v) is 17.8. The van der Waals surface area contributed by atoms with Gasteiger partial charge in [-0.25, -0.2) is 9.97 Å². The molecule has 0 unspecified atom stereocenters. The maximum atomic E-state index is 5.48. The van der Waals surface area contributed by atoms with Crippen molar-refractivity contribution in [1.29, 1.82) is 0 Å². The van der Waals surface area contributed by atoms with E-state index in [4.69, 9.17) is 4.74 Å². The molecule has 1 aromatic carbocycles. The molecule has 31 heavy (non-hydrogen) atoms. The lowest BCUT2D eigenvalue weighted by Crippen LogP contribution is -2.22. The van der Waals surface area contributed by atoms with E-state index in [-0.39, 0.29) is 0 Å². The van der Waals surface area contributed by atoms with E-state index in [2.05, 4.69) is 43.2 Å². The lowest BCUT2D eigenvalue weighted by Gasteiger charge is -2.27. The summed E-state index contributed by atoms with van der Waals surface area (Å²) in [5.74, 6) is 0.708. The highest BCUT2D eigenvalue weighted by atomic mass is 16.5. The Morgan fingerprint density at radius 2 is 1.52 bits per heavy atom. The number of benzene rings is 1. The summed E-state index contributed by atoms with van der Waals surface area (Å²) in [5.41, 5.74) is 5.18. The first-order chi connectivity index (χ1) is 15.2. The highest BCUT2D eigenvalue weighted by molar-refractivity contribution is 5.70. The van der Waals surface area contributed by atoms with Crippen molar-refractivity contribution in [3.63, 3.8) is 0 Å². The molecular weight excluding hydrogens is 388 g/mol. The summed E-state index contributed by atoms with van der Waals surface area (Å²) in [6.07, 6.45) is 16.4. The molecule has 1 aliphatic carbocycles. The van der Waals surface area contributed by atoms with Crippen molar-refractivity contribution >= 4 is 0 Å². The predicted molar refractivity (Wildman–Crippen MR) is 119 cm³/mol. The molecule has 158 valence electrons. The summed E-state index contributed by atoms with van der Waals surface area (Å²) in [4.78, 5) is 9.25. The van der Waals surface area contributed by atoms with Crippen LogP contribution in [0.15, 0.2) is 61.4 Å². The summed E-state index contributed by atoms with van der Waals surface area (Å²) in [7, 11) is 3.72. The molecule has 4 aromatic rings. The number of aryl methyl sites for hydroxylation is 1. The lowest BCUT2D eigenvalue weighted by atomic mass is 9.93. The van der Waals surface area contributed by atoms with Gasteiger partial charge in [-0.05, 0) is 37.3 Å². The van der Waals surface area contributed by atoms with Crippen LogP contribution in [0.3, 0.4) is 0 Å². The molecule has 0 amide bonds. The number of methoxy groups -OCH3 is 1. The molecule has 3 aromatic heterocycles. The monoisotopic (exact) mass is 414 g/mol. The van der Waals surface area contributed by atoms with E-state index in [1.807, 2.05) is 50.2 Å². The normalized spacial score (nSPS) is 18.9. The van der Waals surface area contributed by atoms with Gasteiger partial charge in [0.2, 0.25) is 0 Å². The van der Waals surface area contributed by atoms with E-state index in [0.29, 0.717) is 18.0 Å². The largest absolute Gasteiger partial charge is 0.381 e. The first-order valence-electron chi connectivity index (χ1n) is 10.7. The van der Waals surface area contributed by atoms with Crippen LogP contribution in [0.1, 0.15) is 31.7 Å². The molecule has 0 saturated heterocycles. The fourth-order valence-electron chi connectivity index (χ4n) is 4.27. The van der Waals surface area contributed by atoms with Crippen molar-refractivity contribution in [2.75, 3.05) is 7.11 Å². The number of aromatic nitrogens is 6. The maximum Gasteiger partial charge on any atom is 0.159 e. The van der Waals surface area contributed by atoms with Crippen molar-refractivity contribution in [2.24, 2.45) is 7.05 Å². The molecule has 5 rings (SSSR count). The van der Waals surface area contributed by atoms with E-state index in [9.17, 15) is 0 Å². The molecule has 0 atom stereocenters. The quantitative estimate of drug-likeness (QED) is 0.480. The molecule has 0 radical (unpaired) electrons. The van der Waals surface area contributed by atoms with Gasteiger partial charge in [-0.2, -0.15) is 10.2 Å². The smallest absolute Gasteiger partial charge is 0.159 e. The van der Waals surface area contributed by atoms with Crippen LogP contribution in [-0.4, -0.2) is 42.7 Å². The van der Waals surface area contributed by atoms with E-state index >= 15 is 0 Å². The summed E-state index contributed by atoms with van der Waals surface area (Å²) >= 11 is 0. The molecule has 1 aliphatic rings. The van der Waals surface area contributed by atoms with Crippen LogP contribution in [0.25, 0.3) is 33.6 Å². The second-order valence-electron chi connectivity index (χ2n) is 8.15. The Hall–Kier alpha value is -3.32. The Morgan fingerprint density at radius 3 is 2.23 bits per heavy atom. The summed E-state index contributed by atoms with van der Waals surface area (Å²) < 4.78 is 9.37. The zero-order valence-electron chi connectivity index (χ0n) is 17.8. The molecule has 0 spiro atoms. The molecule has 0 bridgehead atoms. The van der Waals surface area contributed by atoms with E-state index in [0.717, 1.165) is 53.5 Å². The van der Waals surface area contributed by atoms with Gasteiger partial charge in [-0.1, -0.05) is 18.2 Å². The number of nitrogens with zero attached hydrogens (tertiary/aromatic N) is 6. The first-order valence-corrected chi connectivity index (χ1v) is 10.7. The molecule has 7 nitrogen and oxygen atoms in total. The highest BCUT2D eigenvalue weighted by Crippen LogP contribution is 2.31. The van der Waals surface area contributed by atoms with Crippen LogP contribution < -0.4 is 0 Å². The molecular formula is C24H26N6O. The summed E-state index contributed by atoms with van der Waals surface area (Å²) in [5, 5.41) is 8.86. The van der Waals surface area contributed by atoms with Gasteiger partial charge in [0.15, 0.2) is 5.82 Å². The SMILES string of the molecule is CO[C@H]1CC[C@H](n2cc(-c3cnc(-c4cccc(-c5cnn(C)c5)c4)nc3)cn2)CC1. The maximum absolute atomic E-state index is 5.48. The Balaban J connectivity index is 1.33. The molecule has 1 fully saturated rings. The number of rotatable bonds is 5. The van der Waals surface area contributed by atoms with Crippen LogP contribution in [0, 0.1) is 0 Å². The molecule has 0 aliphatic heterocycles. The topological polar surface area (TPSA) is 70.7 Å². The standard InChI is InChI=1S/C24H26N6O/c1-29-15-20(13-27-29)17-4-3-5-18(10-17)24-25-11-19(12-26-24)21-14-28-30(16-21)22-6-8-23(31-2)9-7-22/h3-5,10-16,22-23H,6-9H2,1-2H3/t22-,23-. The third kappa shape index (κ3) is 4.14. The molecule has 3 heterocycles. The number of ether oxygens (including phenoxy) is 1. The van der Waals surface area contributed by atoms with Crippen molar-refractivity contribution in [3.8, 4) is 33.6 Å². The van der Waals surface area contributed by atoms with Crippen molar-refractivity contribution < 1.29 is 4.74 Å². The Morgan fingerprint density at radius 1 is 0.806 bits per heavy atom. The fourth-order valence-corrected chi connectivity index (χ4v) is 4.27. The minimum atomic E-state index is 0.392. The zero-order chi connectivity index (χ0) is 21.2. The molecule has 0 N–H and O–H groups in total. The predicted octanol–water partition coefficient (Wildman–Crippen LogP) is 4.54. The van der Waals surface area contributed by atoms with Gasteiger partial charge in [0.25, 0.3) is 0 Å². The minimum absolute atomic E-state index is 0.392. The van der Waals surface area contributed by atoms with Gasteiger partial charge in [0, 0.05) is 61.2 Å². The van der Waals surface area contributed by atoms with Gasteiger partial charge >= 0.3 is 0 Å². The van der Waals surface area contributed by atoms with E-state index in [1.165, 1.54) is 0 Å². The van der Waals surface area contributed by atoms with E-state index in [1.54, 1.807) is 11.8 Å². The van der Waals surface area contributed by atoms with Crippen LogP contribution in [0.5, 0.6) is 0 Å². The van der Waals surface area contributed by atoms with Crippen LogP contribution in [0.4, 0.5) is 0 Å². The van der Waals surface area contributed by atoms with Crippen LogP contribution >= 0.6 is 0 Å². The highest BCUT2D eigenvalue weighted by Gasteiger charge is 2.22. The first kappa shape index (κ1) is 19.6. The average Bonchev–Trinajstić information content (AvgIpc) is 3.49. The lowest BCUT2D eigenvalue weighted by molar-refractivity contribution is 0.0568. The molecule has 7 heteroatoms. The van der Waals surface area contributed by atoms with Crippen molar-refractivity contribution in [2.45, 2.75) is 37.8 Å². The second-order valence-corrected chi connectivity index (χ2v) is 8.15. The Labute approximate surface area is 181 Å².